The van der Waals surface area contributed by atoms with Gasteiger partial charge in [-0.3, -0.25) is 4.79 Å². The van der Waals surface area contributed by atoms with Crippen molar-refractivity contribution in [2.24, 2.45) is 5.41 Å². The van der Waals surface area contributed by atoms with Crippen LogP contribution >= 0.6 is 0 Å². The predicted octanol–water partition coefficient (Wildman–Crippen LogP) is 5.88. The zero-order chi connectivity index (χ0) is 18.8. The van der Waals surface area contributed by atoms with E-state index in [4.69, 9.17) is 0 Å². The molecule has 1 unspecified atom stereocenters. The highest BCUT2D eigenvalue weighted by molar-refractivity contribution is 6.02. The summed E-state index contributed by atoms with van der Waals surface area (Å²) in [5, 5.41) is 10.8. The summed E-state index contributed by atoms with van der Waals surface area (Å²) in [6.45, 7) is 12.2. The Morgan fingerprint density at radius 1 is 0.880 bits per heavy atom. The highest BCUT2D eigenvalue weighted by atomic mass is 16.3. The minimum atomic E-state index is -0.898. The van der Waals surface area contributed by atoms with Gasteiger partial charge in [0.05, 0.1) is 11.5 Å². The Bertz CT molecular complexity index is 727. The molecule has 0 bridgehead atoms. The molecule has 0 saturated carbocycles. The first kappa shape index (κ1) is 19.4. The van der Waals surface area contributed by atoms with Crippen LogP contribution in [-0.2, 0) is 0 Å². The first-order valence-electron chi connectivity index (χ1n) is 9.08. The van der Waals surface area contributed by atoms with Crippen LogP contribution in [0.4, 0.5) is 0 Å². The molecule has 134 valence electrons. The van der Waals surface area contributed by atoms with Gasteiger partial charge >= 0.3 is 0 Å². The van der Waals surface area contributed by atoms with E-state index < -0.39 is 11.5 Å². The predicted molar refractivity (Wildman–Crippen MR) is 104 cm³/mol. The van der Waals surface area contributed by atoms with Crippen molar-refractivity contribution < 1.29 is 9.90 Å². The van der Waals surface area contributed by atoms with E-state index in [-0.39, 0.29) is 11.7 Å². The molecule has 2 rings (SSSR count). The van der Waals surface area contributed by atoms with E-state index in [2.05, 4.69) is 33.8 Å². The van der Waals surface area contributed by atoms with Crippen LogP contribution in [0.15, 0.2) is 48.5 Å². The van der Waals surface area contributed by atoms with Crippen molar-refractivity contribution in [3.05, 3.63) is 70.8 Å². The normalized spacial score (nSPS) is 13.3. The fourth-order valence-electron chi connectivity index (χ4n) is 3.15. The van der Waals surface area contributed by atoms with Crippen LogP contribution in [0.3, 0.4) is 0 Å². The number of rotatable bonds is 6. The van der Waals surface area contributed by atoms with Gasteiger partial charge in [0.1, 0.15) is 0 Å². The van der Waals surface area contributed by atoms with Gasteiger partial charge in [0.2, 0.25) is 0 Å². The number of carbonyl (C=O) groups is 1. The third-order valence-electron chi connectivity index (χ3n) is 4.99. The molecular weight excluding hydrogens is 308 g/mol. The van der Waals surface area contributed by atoms with E-state index in [1.807, 2.05) is 56.3 Å². The van der Waals surface area contributed by atoms with Gasteiger partial charge in [-0.05, 0) is 42.4 Å². The highest BCUT2D eigenvalue weighted by Crippen LogP contribution is 2.38. The van der Waals surface area contributed by atoms with Gasteiger partial charge in [-0.15, -0.1) is 0 Å². The van der Waals surface area contributed by atoms with E-state index in [1.165, 1.54) is 5.56 Å². The third kappa shape index (κ3) is 4.01. The Hall–Kier alpha value is -1.93. The molecule has 0 fully saturated rings. The maximum absolute atomic E-state index is 13.3. The molecule has 0 aliphatic rings. The quantitative estimate of drug-likeness (QED) is 0.668. The lowest BCUT2D eigenvalue weighted by Crippen LogP contribution is -2.32. The molecular formula is C23H30O2. The monoisotopic (exact) mass is 338 g/mol. The smallest absolute Gasteiger partial charge is 0.171 e. The van der Waals surface area contributed by atoms with E-state index in [1.54, 1.807) is 0 Å². The van der Waals surface area contributed by atoms with Crippen molar-refractivity contribution in [3.63, 3.8) is 0 Å². The Morgan fingerprint density at radius 2 is 1.48 bits per heavy atom. The summed E-state index contributed by atoms with van der Waals surface area (Å²) in [6, 6.07) is 15.5. The summed E-state index contributed by atoms with van der Waals surface area (Å²) >= 11 is 0. The Labute approximate surface area is 151 Å². The zero-order valence-electron chi connectivity index (χ0n) is 16.2. The summed E-state index contributed by atoms with van der Waals surface area (Å²) < 4.78 is 0. The molecule has 2 aromatic carbocycles. The molecule has 0 saturated heterocycles. The summed E-state index contributed by atoms with van der Waals surface area (Å²) in [5.41, 5.74) is 2.89. The molecule has 2 aromatic rings. The number of aliphatic hydroxyl groups is 1. The standard InChI is InChI=1S/C23H30O2/c1-15(2)18-12-13-19(20(14-18)16(3)4)22(25)23(5,6)21(24)17-10-8-7-9-11-17/h7-16,21,24H,1-6H3. The highest BCUT2D eigenvalue weighted by Gasteiger charge is 2.38. The lowest BCUT2D eigenvalue weighted by molar-refractivity contribution is 0.0387. The number of Topliss-reactive ketones (excluding diaryl/α,β-unsaturated/α-hetero) is 1. The summed E-state index contributed by atoms with van der Waals surface area (Å²) in [4.78, 5) is 13.3. The van der Waals surface area contributed by atoms with Crippen molar-refractivity contribution in [3.8, 4) is 0 Å². The van der Waals surface area contributed by atoms with Gasteiger partial charge in [0.15, 0.2) is 5.78 Å². The molecule has 2 heteroatoms. The number of hydrogen-bond donors (Lipinski definition) is 1. The van der Waals surface area contributed by atoms with Crippen molar-refractivity contribution >= 4 is 5.78 Å². The number of hydrogen-bond acceptors (Lipinski definition) is 2. The minimum Gasteiger partial charge on any atom is -0.387 e. The minimum absolute atomic E-state index is 0.0112. The van der Waals surface area contributed by atoms with Crippen molar-refractivity contribution in [1.82, 2.24) is 0 Å². The lowest BCUT2D eigenvalue weighted by Gasteiger charge is -2.31. The Balaban J connectivity index is 2.45. The van der Waals surface area contributed by atoms with Crippen LogP contribution in [0.25, 0.3) is 0 Å². The molecule has 0 heterocycles. The van der Waals surface area contributed by atoms with Crippen LogP contribution in [0.5, 0.6) is 0 Å². The van der Waals surface area contributed by atoms with Gasteiger partial charge in [-0.2, -0.15) is 0 Å². The zero-order valence-corrected chi connectivity index (χ0v) is 16.2. The number of aliphatic hydroxyl groups excluding tert-OH is 1. The molecule has 0 aliphatic carbocycles. The SMILES string of the molecule is CC(C)c1ccc(C(=O)C(C)(C)C(O)c2ccccc2)c(C(C)C)c1. The van der Waals surface area contributed by atoms with Gasteiger partial charge in [0, 0.05) is 5.56 Å². The molecule has 0 aromatic heterocycles. The summed E-state index contributed by atoms with van der Waals surface area (Å²) in [6.07, 6.45) is -0.842. The van der Waals surface area contributed by atoms with E-state index >= 15 is 0 Å². The summed E-state index contributed by atoms with van der Waals surface area (Å²) in [5.74, 6) is 0.662. The second-order valence-corrected chi connectivity index (χ2v) is 8.02. The molecule has 0 aliphatic heterocycles. The van der Waals surface area contributed by atoms with E-state index in [9.17, 15) is 9.90 Å². The summed E-state index contributed by atoms with van der Waals surface area (Å²) in [7, 11) is 0. The molecule has 0 radical (unpaired) electrons. The van der Waals surface area contributed by atoms with Crippen molar-refractivity contribution in [2.75, 3.05) is 0 Å². The van der Waals surface area contributed by atoms with Crippen molar-refractivity contribution in [1.29, 1.82) is 0 Å². The molecule has 25 heavy (non-hydrogen) atoms. The molecule has 0 amide bonds. The molecule has 2 nitrogen and oxygen atoms in total. The van der Waals surface area contributed by atoms with Gasteiger partial charge < -0.3 is 5.11 Å². The maximum Gasteiger partial charge on any atom is 0.171 e. The largest absolute Gasteiger partial charge is 0.387 e. The lowest BCUT2D eigenvalue weighted by atomic mass is 9.74. The Kier molecular flexibility index (Phi) is 5.84. The molecule has 0 spiro atoms. The van der Waals surface area contributed by atoms with Crippen LogP contribution in [-0.4, -0.2) is 10.9 Å². The van der Waals surface area contributed by atoms with Gasteiger partial charge in [-0.25, -0.2) is 0 Å². The van der Waals surface area contributed by atoms with Crippen LogP contribution in [0, 0.1) is 5.41 Å². The first-order valence-corrected chi connectivity index (χ1v) is 9.08. The Morgan fingerprint density at radius 3 is 2.00 bits per heavy atom. The third-order valence-corrected chi connectivity index (χ3v) is 4.99. The van der Waals surface area contributed by atoms with Gasteiger partial charge in [0.25, 0.3) is 0 Å². The van der Waals surface area contributed by atoms with Crippen LogP contribution in [0.1, 0.15) is 86.5 Å². The first-order chi connectivity index (χ1) is 11.7. The number of ketones is 1. The van der Waals surface area contributed by atoms with E-state index in [0.29, 0.717) is 5.92 Å². The molecule has 1 N–H and O–H groups in total. The maximum atomic E-state index is 13.3. The number of carbonyl (C=O) groups excluding carboxylic acids is 1. The molecule has 1 atom stereocenters. The second-order valence-electron chi connectivity index (χ2n) is 8.02. The fourth-order valence-corrected chi connectivity index (χ4v) is 3.15. The van der Waals surface area contributed by atoms with Crippen LogP contribution < -0.4 is 0 Å². The topological polar surface area (TPSA) is 37.3 Å². The average Bonchev–Trinajstić information content (AvgIpc) is 2.60. The van der Waals surface area contributed by atoms with E-state index in [0.717, 1.165) is 16.7 Å². The van der Waals surface area contributed by atoms with Crippen LogP contribution in [0.2, 0.25) is 0 Å². The van der Waals surface area contributed by atoms with Gasteiger partial charge in [-0.1, -0.05) is 76.2 Å². The number of benzene rings is 2. The fraction of sp³-hybridized carbons (Fsp3) is 0.435. The van der Waals surface area contributed by atoms with Crippen molar-refractivity contribution in [2.45, 2.75) is 59.5 Å². The average molecular weight is 338 g/mol. The second kappa shape index (κ2) is 7.53.